The number of halogens is 1. The molecule has 1 saturated carbocycles. The SMILES string of the molecule is COc1cc(Cl)cc(CNCC(C)C)c1OCC1CCC1. The molecule has 0 atom stereocenters. The lowest BCUT2D eigenvalue weighted by molar-refractivity contribution is 0.174. The van der Waals surface area contributed by atoms with Gasteiger partial charge in [0.1, 0.15) is 0 Å². The van der Waals surface area contributed by atoms with Crippen LogP contribution in [0.1, 0.15) is 38.7 Å². The number of methoxy groups -OCH3 is 1. The summed E-state index contributed by atoms with van der Waals surface area (Å²) in [5.41, 5.74) is 1.07. The van der Waals surface area contributed by atoms with Gasteiger partial charge in [-0.2, -0.15) is 0 Å². The van der Waals surface area contributed by atoms with E-state index in [-0.39, 0.29) is 0 Å². The first kappa shape index (κ1) is 16.4. The number of nitrogens with one attached hydrogen (secondary N) is 1. The third-order valence-corrected chi connectivity index (χ3v) is 4.09. The first-order chi connectivity index (χ1) is 10.1. The van der Waals surface area contributed by atoms with Crippen LogP contribution in [0.3, 0.4) is 0 Å². The fraction of sp³-hybridized carbons (Fsp3) is 0.647. The Morgan fingerprint density at radius 1 is 1.33 bits per heavy atom. The second kappa shape index (κ2) is 7.90. The summed E-state index contributed by atoms with van der Waals surface area (Å²) >= 11 is 6.18. The summed E-state index contributed by atoms with van der Waals surface area (Å²) in [5.74, 6) is 2.88. The Morgan fingerprint density at radius 2 is 2.10 bits per heavy atom. The average Bonchev–Trinajstić information content (AvgIpc) is 2.38. The van der Waals surface area contributed by atoms with Gasteiger partial charge >= 0.3 is 0 Å². The van der Waals surface area contributed by atoms with Crippen LogP contribution in [0.15, 0.2) is 12.1 Å². The molecule has 1 aliphatic rings. The van der Waals surface area contributed by atoms with Crippen molar-refractivity contribution in [3.63, 3.8) is 0 Å². The zero-order chi connectivity index (χ0) is 15.2. The molecule has 3 nitrogen and oxygen atoms in total. The molecule has 0 heterocycles. The van der Waals surface area contributed by atoms with E-state index >= 15 is 0 Å². The topological polar surface area (TPSA) is 30.5 Å². The molecule has 1 fully saturated rings. The zero-order valence-electron chi connectivity index (χ0n) is 13.2. The van der Waals surface area contributed by atoms with Gasteiger partial charge in [0.25, 0.3) is 0 Å². The molecule has 0 aliphatic heterocycles. The Labute approximate surface area is 133 Å². The summed E-state index contributed by atoms with van der Waals surface area (Å²) in [6, 6.07) is 3.79. The molecule has 0 saturated heterocycles. The van der Waals surface area contributed by atoms with Gasteiger partial charge in [-0.15, -0.1) is 0 Å². The molecule has 2 rings (SSSR count). The highest BCUT2D eigenvalue weighted by atomic mass is 35.5. The van der Waals surface area contributed by atoms with Crippen molar-refractivity contribution in [2.45, 2.75) is 39.7 Å². The van der Waals surface area contributed by atoms with Gasteiger partial charge in [0.05, 0.1) is 13.7 Å². The van der Waals surface area contributed by atoms with E-state index in [9.17, 15) is 0 Å². The first-order valence-electron chi connectivity index (χ1n) is 7.80. The van der Waals surface area contributed by atoms with Gasteiger partial charge in [-0.1, -0.05) is 31.9 Å². The predicted octanol–water partition coefficient (Wildman–Crippen LogP) is 4.27. The Morgan fingerprint density at radius 3 is 2.67 bits per heavy atom. The van der Waals surface area contributed by atoms with Crippen LogP contribution in [0.5, 0.6) is 11.5 Å². The predicted molar refractivity (Wildman–Crippen MR) is 87.4 cm³/mol. The number of benzene rings is 1. The van der Waals surface area contributed by atoms with Crippen molar-refractivity contribution in [1.82, 2.24) is 5.32 Å². The van der Waals surface area contributed by atoms with Crippen LogP contribution in [-0.2, 0) is 6.54 Å². The van der Waals surface area contributed by atoms with Crippen LogP contribution < -0.4 is 14.8 Å². The highest BCUT2D eigenvalue weighted by Gasteiger charge is 2.20. The minimum atomic E-state index is 0.616. The Kier molecular flexibility index (Phi) is 6.19. The zero-order valence-corrected chi connectivity index (χ0v) is 14.0. The monoisotopic (exact) mass is 311 g/mol. The van der Waals surface area contributed by atoms with Crippen LogP contribution in [0.4, 0.5) is 0 Å². The third-order valence-electron chi connectivity index (χ3n) is 3.87. The molecule has 0 aromatic heterocycles. The van der Waals surface area contributed by atoms with Gasteiger partial charge in [-0.25, -0.2) is 0 Å². The summed E-state index contributed by atoms with van der Waals surface area (Å²) in [6.07, 6.45) is 3.88. The lowest BCUT2D eigenvalue weighted by Gasteiger charge is -2.26. The van der Waals surface area contributed by atoms with Crippen molar-refractivity contribution in [3.05, 3.63) is 22.7 Å². The number of hydrogen-bond acceptors (Lipinski definition) is 3. The van der Waals surface area contributed by atoms with Crippen LogP contribution >= 0.6 is 11.6 Å². The minimum Gasteiger partial charge on any atom is -0.493 e. The Balaban J connectivity index is 2.08. The van der Waals surface area contributed by atoms with E-state index in [4.69, 9.17) is 21.1 Å². The molecule has 0 spiro atoms. The normalized spacial score (nSPS) is 15.1. The molecule has 1 aromatic carbocycles. The molecule has 21 heavy (non-hydrogen) atoms. The van der Waals surface area contributed by atoms with Crippen LogP contribution in [0.2, 0.25) is 5.02 Å². The second-order valence-corrected chi connectivity index (χ2v) is 6.67. The smallest absolute Gasteiger partial charge is 0.165 e. The highest BCUT2D eigenvalue weighted by Crippen LogP contribution is 2.36. The maximum absolute atomic E-state index is 6.18. The third kappa shape index (κ3) is 4.79. The van der Waals surface area contributed by atoms with Crippen molar-refractivity contribution in [1.29, 1.82) is 0 Å². The number of rotatable bonds is 8. The molecular formula is C17H26ClNO2. The lowest BCUT2D eigenvalue weighted by Crippen LogP contribution is -2.22. The maximum atomic E-state index is 6.18. The summed E-state index contributed by atoms with van der Waals surface area (Å²) in [6.45, 7) is 6.88. The van der Waals surface area contributed by atoms with Gasteiger partial charge in [-0.3, -0.25) is 0 Å². The van der Waals surface area contributed by atoms with Crippen LogP contribution in [0, 0.1) is 11.8 Å². The standard InChI is InChI=1S/C17H26ClNO2/c1-12(2)9-19-10-14-7-15(18)8-16(20-3)17(14)21-11-13-5-4-6-13/h7-8,12-13,19H,4-6,9-11H2,1-3H3. The second-order valence-electron chi connectivity index (χ2n) is 6.23. The van der Waals surface area contributed by atoms with Crippen LogP contribution in [-0.4, -0.2) is 20.3 Å². The molecule has 0 radical (unpaired) electrons. The maximum Gasteiger partial charge on any atom is 0.165 e. The molecular weight excluding hydrogens is 286 g/mol. The minimum absolute atomic E-state index is 0.616. The average molecular weight is 312 g/mol. The van der Waals surface area contributed by atoms with Gasteiger partial charge < -0.3 is 14.8 Å². The molecule has 118 valence electrons. The molecule has 1 N–H and O–H groups in total. The Hall–Kier alpha value is -0.930. The first-order valence-corrected chi connectivity index (χ1v) is 8.18. The van der Waals surface area contributed by atoms with Gasteiger partial charge in [0.15, 0.2) is 11.5 Å². The van der Waals surface area contributed by atoms with E-state index in [1.807, 2.05) is 12.1 Å². The van der Waals surface area contributed by atoms with Crippen LogP contribution in [0.25, 0.3) is 0 Å². The Bertz CT molecular complexity index is 458. The van der Waals surface area contributed by atoms with Crippen molar-refractivity contribution in [2.75, 3.05) is 20.3 Å². The fourth-order valence-electron chi connectivity index (χ4n) is 2.43. The number of hydrogen-bond donors (Lipinski definition) is 1. The molecule has 0 amide bonds. The molecule has 0 unspecified atom stereocenters. The molecule has 1 aromatic rings. The quantitative estimate of drug-likeness (QED) is 0.777. The molecule has 4 heteroatoms. The fourth-order valence-corrected chi connectivity index (χ4v) is 2.66. The summed E-state index contributed by atoms with van der Waals surface area (Å²) in [4.78, 5) is 0. The highest BCUT2D eigenvalue weighted by molar-refractivity contribution is 6.30. The van der Waals surface area contributed by atoms with Crippen molar-refractivity contribution in [3.8, 4) is 11.5 Å². The van der Waals surface area contributed by atoms with E-state index in [0.717, 1.165) is 36.8 Å². The van der Waals surface area contributed by atoms with Crippen molar-refractivity contribution >= 4 is 11.6 Å². The van der Waals surface area contributed by atoms with E-state index < -0.39 is 0 Å². The van der Waals surface area contributed by atoms with Gasteiger partial charge in [-0.05, 0) is 37.3 Å². The summed E-state index contributed by atoms with van der Waals surface area (Å²) in [5, 5.41) is 4.13. The van der Waals surface area contributed by atoms with E-state index in [2.05, 4.69) is 19.2 Å². The number of ether oxygens (including phenoxy) is 2. The van der Waals surface area contributed by atoms with E-state index in [0.29, 0.717) is 16.9 Å². The van der Waals surface area contributed by atoms with Crippen molar-refractivity contribution < 1.29 is 9.47 Å². The molecule has 1 aliphatic carbocycles. The van der Waals surface area contributed by atoms with Crippen molar-refractivity contribution in [2.24, 2.45) is 11.8 Å². The largest absolute Gasteiger partial charge is 0.493 e. The summed E-state index contributed by atoms with van der Waals surface area (Å²) in [7, 11) is 1.66. The van der Waals surface area contributed by atoms with E-state index in [1.165, 1.54) is 19.3 Å². The van der Waals surface area contributed by atoms with Gasteiger partial charge in [0, 0.05) is 23.2 Å². The van der Waals surface area contributed by atoms with E-state index in [1.54, 1.807) is 7.11 Å². The van der Waals surface area contributed by atoms with Gasteiger partial charge in [0.2, 0.25) is 0 Å². The summed E-state index contributed by atoms with van der Waals surface area (Å²) < 4.78 is 11.5. The lowest BCUT2D eigenvalue weighted by atomic mass is 9.86. The molecule has 0 bridgehead atoms.